The summed E-state index contributed by atoms with van der Waals surface area (Å²) >= 11 is 5.71. The van der Waals surface area contributed by atoms with E-state index in [1.54, 1.807) is 7.11 Å². The van der Waals surface area contributed by atoms with E-state index in [9.17, 15) is 0 Å². The van der Waals surface area contributed by atoms with Gasteiger partial charge < -0.3 is 10.1 Å². The van der Waals surface area contributed by atoms with E-state index in [1.807, 2.05) is 6.07 Å². The van der Waals surface area contributed by atoms with Crippen LogP contribution in [-0.2, 0) is 6.42 Å². The van der Waals surface area contributed by atoms with E-state index >= 15 is 0 Å². The van der Waals surface area contributed by atoms with Gasteiger partial charge in [0.05, 0.1) is 7.11 Å². The van der Waals surface area contributed by atoms with E-state index in [2.05, 4.69) is 59.0 Å². The van der Waals surface area contributed by atoms with Crippen LogP contribution in [0.4, 0.5) is 0 Å². The molecule has 0 spiro atoms. The van der Waals surface area contributed by atoms with Crippen molar-refractivity contribution >= 4 is 27.7 Å². The number of methoxy groups -OCH3 is 1. The molecule has 2 unspecified atom stereocenters. The lowest BCUT2D eigenvalue weighted by Gasteiger charge is -2.34. The van der Waals surface area contributed by atoms with Crippen molar-refractivity contribution in [3.05, 3.63) is 28.2 Å². The van der Waals surface area contributed by atoms with Crippen LogP contribution in [0.5, 0.6) is 5.75 Å². The maximum atomic E-state index is 5.55. The third kappa shape index (κ3) is 4.40. The molecule has 0 amide bonds. The number of nitrogens with one attached hydrogen (secondary N) is 1. The van der Waals surface area contributed by atoms with Crippen LogP contribution >= 0.6 is 27.7 Å². The number of hydrogen-bond acceptors (Lipinski definition) is 3. The largest absolute Gasteiger partial charge is 0.496 e. The van der Waals surface area contributed by atoms with Crippen molar-refractivity contribution in [2.45, 2.75) is 50.3 Å². The molecule has 21 heavy (non-hydrogen) atoms. The van der Waals surface area contributed by atoms with Crippen molar-refractivity contribution in [1.29, 1.82) is 0 Å². The Hall–Kier alpha value is -0.190. The minimum atomic E-state index is 0.336. The first-order valence-electron chi connectivity index (χ1n) is 7.79. The molecule has 0 aliphatic carbocycles. The molecule has 1 fully saturated rings. The monoisotopic (exact) mass is 371 g/mol. The van der Waals surface area contributed by atoms with Crippen LogP contribution in [0.25, 0.3) is 0 Å². The van der Waals surface area contributed by atoms with Gasteiger partial charge in [0.1, 0.15) is 5.75 Å². The first-order valence-corrected chi connectivity index (χ1v) is 9.56. The molecule has 1 aliphatic heterocycles. The van der Waals surface area contributed by atoms with Crippen molar-refractivity contribution in [1.82, 2.24) is 5.32 Å². The molecule has 2 nitrogen and oxygen atoms in total. The fourth-order valence-electron chi connectivity index (χ4n) is 3.02. The fraction of sp³-hybridized carbons (Fsp3) is 0.647. The zero-order chi connectivity index (χ0) is 15.3. The van der Waals surface area contributed by atoms with Crippen LogP contribution in [-0.4, -0.2) is 30.2 Å². The molecule has 4 heteroatoms. The van der Waals surface area contributed by atoms with Gasteiger partial charge in [-0.25, -0.2) is 0 Å². The van der Waals surface area contributed by atoms with E-state index in [4.69, 9.17) is 4.74 Å². The molecule has 2 atom stereocenters. The van der Waals surface area contributed by atoms with E-state index in [-0.39, 0.29) is 0 Å². The van der Waals surface area contributed by atoms with E-state index in [1.165, 1.54) is 30.6 Å². The number of ether oxygens (including phenoxy) is 1. The predicted octanol–water partition coefficient (Wildman–Crippen LogP) is 4.65. The van der Waals surface area contributed by atoms with Gasteiger partial charge in [0.15, 0.2) is 0 Å². The van der Waals surface area contributed by atoms with Crippen molar-refractivity contribution in [2.24, 2.45) is 0 Å². The van der Waals surface area contributed by atoms with Gasteiger partial charge >= 0.3 is 0 Å². The summed E-state index contributed by atoms with van der Waals surface area (Å²) in [7, 11) is 1.76. The lowest BCUT2D eigenvalue weighted by Crippen LogP contribution is -2.47. The van der Waals surface area contributed by atoms with Crippen LogP contribution in [0.3, 0.4) is 0 Å². The van der Waals surface area contributed by atoms with Gasteiger partial charge in [0.25, 0.3) is 0 Å². The van der Waals surface area contributed by atoms with Gasteiger partial charge in [-0.2, -0.15) is 11.8 Å². The fourth-order valence-corrected chi connectivity index (χ4v) is 4.84. The van der Waals surface area contributed by atoms with E-state index < -0.39 is 0 Å². The van der Waals surface area contributed by atoms with Gasteiger partial charge in [0.2, 0.25) is 0 Å². The number of benzene rings is 1. The molecule has 1 aromatic carbocycles. The number of rotatable bonds is 7. The smallest absolute Gasteiger partial charge is 0.122 e. The summed E-state index contributed by atoms with van der Waals surface area (Å²) in [6.45, 7) is 5.73. The molecule has 1 N–H and O–H groups in total. The SMILES string of the molecule is CCCNC(Cc1cc(Br)ccc1OC)C1(C)CCCS1. The zero-order valence-electron chi connectivity index (χ0n) is 13.2. The molecular formula is C17H26BrNOS. The Bertz CT molecular complexity index is 460. The summed E-state index contributed by atoms with van der Waals surface area (Å²) in [5, 5.41) is 3.78. The van der Waals surface area contributed by atoms with Gasteiger partial charge in [-0.3, -0.25) is 0 Å². The maximum Gasteiger partial charge on any atom is 0.122 e. The van der Waals surface area contributed by atoms with Crippen molar-refractivity contribution in [3.8, 4) is 5.75 Å². The highest BCUT2D eigenvalue weighted by atomic mass is 79.9. The average molecular weight is 372 g/mol. The zero-order valence-corrected chi connectivity index (χ0v) is 15.6. The second-order valence-electron chi connectivity index (χ2n) is 5.93. The topological polar surface area (TPSA) is 21.3 Å². The summed E-state index contributed by atoms with van der Waals surface area (Å²) in [4.78, 5) is 0. The van der Waals surface area contributed by atoms with Crippen molar-refractivity contribution < 1.29 is 4.74 Å². The van der Waals surface area contributed by atoms with Gasteiger partial charge in [-0.15, -0.1) is 0 Å². The number of thioether (sulfide) groups is 1. The van der Waals surface area contributed by atoms with Gasteiger partial charge in [-0.05, 0) is 68.7 Å². The van der Waals surface area contributed by atoms with E-state index in [0.29, 0.717) is 10.8 Å². The number of halogens is 1. The normalized spacial score (nSPS) is 23.2. The van der Waals surface area contributed by atoms with Crippen LogP contribution in [0.15, 0.2) is 22.7 Å². The molecule has 0 bridgehead atoms. The minimum Gasteiger partial charge on any atom is -0.496 e. The highest BCUT2D eigenvalue weighted by molar-refractivity contribution is 9.10. The Morgan fingerprint density at radius 2 is 2.29 bits per heavy atom. The summed E-state index contributed by atoms with van der Waals surface area (Å²) in [6, 6.07) is 6.79. The molecule has 2 rings (SSSR count). The van der Waals surface area contributed by atoms with Crippen LogP contribution in [0.1, 0.15) is 38.7 Å². The first-order chi connectivity index (χ1) is 10.1. The predicted molar refractivity (Wildman–Crippen MR) is 96.6 cm³/mol. The molecule has 1 aliphatic rings. The Labute approximate surface area is 141 Å². The van der Waals surface area contributed by atoms with Crippen molar-refractivity contribution in [3.63, 3.8) is 0 Å². The molecular weight excluding hydrogens is 346 g/mol. The first kappa shape index (κ1) is 17.2. The van der Waals surface area contributed by atoms with E-state index in [0.717, 1.165) is 23.2 Å². The molecule has 0 saturated carbocycles. The summed E-state index contributed by atoms with van der Waals surface area (Å²) in [6.07, 6.45) is 4.83. The maximum absolute atomic E-state index is 5.55. The Morgan fingerprint density at radius 1 is 1.48 bits per heavy atom. The molecule has 1 aromatic rings. The summed E-state index contributed by atoms with van der Waals surface area (Å²) < 4.78 is 7.00. The Kier molecular flexibility index (Phi) is 6.45. The minimum absolute atomic E-state index is 0.336. The lowest BCUT2D eigenvalue weighted by atomic mass is 9.90. The molecule has 1 heterocycles. The highest BCUT2D eigenvalue weighted by Crippen LogP contribution is 2.42. The molecule has 118 valence electrons. The standard InChI is InChI=1S/C17H26BrNOS/c1-4-9-19-16(17(2)8-5-10-21-17)12-13-11-14(18)6-7-15(13)20-3/h6-7,11,16,19H,4-5,8-10,12H2,1-3H3. The second kappa shape index (κ2) is 7.89. The average Bonchev–Trinajstić information content (AvgIpc) is 2.91. The third-order valence-electron chi connectivity index (χ3n) is 4.29. The summed E-state index contributed by atoms with van der Waals surface area (Å²) in [5.41, 5.74) is 1.29. The van der Waals surface area contributed by atoms with Crippen LogP contribution in [0.2, 0.25) is 0 Å². The quantitative estimate of drug-likeness (QED) is 0.753. The molecule has 1 saturated heterocycles. The summed E-state index contributed by atoms with van der Waals surface area (Å²) in [5.74, 6) is 2.28. The second-order valence-corrected chi connectivity index (χ2v) is 8.48. The van der Waals surface area contributed by atoms with Crippen LogP contribution in [0, 0.1) is 0 Å². The molecule has 0 radical (unpaired) electrons. The Morgan fingerprint density at radius 3 is 2.90 bits per heavy atom. The lowest BCUT2D eigenvalue weighted by molar-refractivity contribution is 0.380. The molecule has 0 aromatic heterocycles. The van der Waals surface area contributed by atoms with Gasteiger partial charge in [-0.1, -0.05) is 22.9 Å². The Balaban J connectivity index is 2.20. The van der Waals surface area contributed by atoms with Crippen molar-refractivity contribution in [2.75, 3.05) is 19.4 Å². The highest BCUT2D eigenvalue weighted by Gasteiger charge is 2.37. The van der Waals surface area contributed by atoms with Crippen LogP contribution < -0.4 is 10.1 Å². The number of hydrogen-bond donors (Lipinski definition) is 1. The van der Waals surface area contributed by atoms with Gasteiger partial charge in [0, 0.05) is 15.3 Å². The third-order valence-corrected chi connectivity index (χ3v) is 6.43.